The van der Waals surface area contributed by atoms with Gasteiger partial charge in [0.25, 0.3) is 0 Å². The Balaban J connectivity index is 1.44. The highest BCUT2D eigenvalue weighted by molar-refractivity contribution is 5.96. The zero-order valence-corrected chi connectivity index (χ0v) is 18.4. The van der Waals surface area contributed by atoms with Crippen LogP contribution in [0.1, 0.15) is 12.5 Å². The number of pyridine rings is 4. The van der Waals surface area contributed by atoms with Crippen molar-refractivity contribution in [2.75, 3.05) is 6.54 Å². The summed E-state index contributed by atoms with van der Waals surface area (Å²) in [7, 11) is 0. The zero-order valence-electron chi connectivity index (χ0n) is 18.4. The van der Waals surface area contributed by atoms with Crippen molar-refractivity contribution in [3.05, 3.63) is 72.9 Å². The Bertz CT molecular complexity index is 1600. The summed E-state index contributed by atoms with van der Waals surface area (Å²) in [6, 6.07) is 11.8. The monoisotopic (exact) mass is 447 g/mol. The lowest BCUT2D eigenvalue weighted by Gasteiger charge is -2.05. The minimum atomic E-state index is 0.655. The highest BCUT2D eigenvalue weighted by Gasteiger charge is 2.17. The molecule has 0 radical (unpaired) electrons. The molecule has 3 N–H and O–H groups in total. The van der Waals surface area contributed by atoms with E-state index in [1.807, 2.05) is 42.7 Å². The van der Waals surface area contributed by atoms with Gasteiger partial charge in [-0.25, -0.2) is 4.98 Å². The van der Waals surface area contributed by atoms with Gasteiger partial charge in [-0.3, -0.25) is 25.0 Å². The van der Waals surface area contributed by atoms with Gasteiger partial charge in [0.2, 0.25) is 0 Å². The van der Waals surface area contributed by atoms with Crippen molar-refractivity contribution in [2.45, 2.75) is 13.5 Å². The summed E-state index contributed by atoms with van der Waals surface area (Å²) < 4.78 is 0. The zero-order chi connectivity index (χ0) is 22.9. The van der Waals surface area contributed by atoms with Crippen LogP contribution in [0.4, 0.5) is 0 Å². The van der Waals surface area contributed by atoms with E-state index in [-0.39, 0.29) is 0 Å². The summed E-state index contributed by atoms with van der Waals surface area (Å²) in [5.74, 6) is 0.655. The predicted octanol–water partition coefficient (Wildman–Crippen LogP) is 4.13. The van der Waals surface area contributed by atoms with Crippen LogP contribution in [-0.2, 0) is 6.54 Å². The molecule has 9 nitrogen and oxygen atoms in total. The van der Waals surface area contributed by atoms with E-state index in [1.54, 1.807) is 18.6 Å². The lowest BCUT2D eigenvalue weighted by atomic mass is 10.1. The van der Waals surface area contributed by atoms with Gasteiger partial charge in [-0.1, -0.05) is 13.0 Å². The van der Waals surface area contributed by atoms with Gasteiger partial charge in [-0.2, -0.15) is 5.10 Å². The SMILES string of the molecule is CCNCc1cncc(-c2cc3c(-c4nc5c(-c6ccccn6)nccc5[nH]4)n[nH]c3cn2)c1. The lowest BCUT2D eigenvalue weighted by molar-refractivity contribution is 0.724. The first-order valence-corrected chi connectivity index (χ1v) is 11.1. The molecule has 34 heavy (non-hydrogen) atoms. The van der Waals surface area contributed by atoms with E-state index in [2.05, 4.69) is 53.4 Å². The van der Waals surface area contributed by atoms with Crippen molar-refractivity contribution in [3.8, 4) is 34.2 Å². The minimum Gasteiger partial charge on any atom is -0.336 e. The Kier molecular flexibility index (Phi) is 5.00. The number of rotatable bonds is 6. The van der Waals surface area contributed by atoms with Crippen LogP contribution >= 0.6 is 0 Å². The van der Waals surface area contributed by atoms with Crippen LogP contribution in [0.3, 0.4) is 0 Å². The third kappa shape index (κ3) is 3.57. The number of aromatic amines is 2. The molecule has 9 heteroatoms. The molecular weight excluding hydrogens is 426 g/mol. The van der Waals surface area contributed by atoms with E-state index in [1.165, 1.54) is 0 Å². The Hall–Kier alpha value is -4.50. The molecule has 0 aliphatic heterocycles. The van der Waals surface area contributed by atoms with Crippen LogP contribution in [0.15, 0.2) is 67.4 Å². The topological polar surface area (TPSA) is 121 Å². The number of H-pyrrole nitrogens is 2. The number of imidazole rings is 1. The van der Waals surface area contributed by atoms with Crippen molar-refractivity contribution < 1.29 is 0 Å². The quantitative estimate of drug-likeness (QED) is 0.351. The first-order chi connectivity index (χ1) is 16.8. The molecule has 0 saturated heterocycles. The predicted molar refractivity (Wildman–Crippen MR) is 131 cm³/mol. The number of nitrogens with zero attached hydrogens (tertiary/aromatic N) is 6. The molecule has 0 atom stereocenters. The molecule has 6 rings (SSSR count). The second kappa shape index (κ2) is 8.45. The molecule has 6 aromatic heterocycles. The van der Waals surface area contributed by atoms with Crippen LogP contribution in [0, 0.1) is 0 Å². The molecule has 0 amide bonds. The fourth-order valence-electron chi connectivity index (χ4n) is 3.99. The van der Waals surface area contributed by atoms with Gasteiger partial charge in [0.15, 0.2) is 5.82 Å². The van der Waals surface area contributed by atoms with Crippen LogP contribution in [0.25, 0.3) is 56.1 Å². The van der Waals surface area contributed by atoms with Gasteiger partial charge in [0.1, 0.15) is 16.9 Å². The summed E-state index contributed by atoms with van der Waals surface area (Å²) in [5.41, 5.74) is 7.57. The number of hydrogen-bond donors (Lipinski definition) is 3. The van der Waals surface area contributed by atoms with E-state index < -0.39 is 0 Å². The van der Waals surface area contributed by atoms with Crippen molar-refractivity contribution in [2.24, 2.45) is 0 Å². The maximum atomic E-state index is 4.85. The molecule has 0 saturated carbocycles. The second-order valence-corrected chi connectivity index (χ2v) is 7.91. The van der Waals surface area contributed by atoms with E-state index in [4.69, 9.17) is 4.98 Å². The van der Waals surface area contributed by atoms with E-state index in [0.717, 1.165) is 68.9 Å². The highest BCUT2D eigenvalue weighted by atomic mass is 15.1. The van der Waals surface area contributed by atoms with Crippen molar-refractivity contribution >= 4 is 21.9 Å². The van der Waals surface area contributed by atoms with Gasteiger partial charge >= 0.3 is 0 Å². The molecular formula is C25H21N9. The number of fused-ring (bicyclic) bond motifs is 2. The summed E-state index contributed by atoms with van der Waals surface area (Å²) >= 11 is 0. The fourth-order valence-corrected chi connectivity index (χ4v) is 3.99. The Morgan fingerprint density at radius 1 is 0.882 bits per heavy atom. The van der Waals surface area contributed by atoms with Gasteiger partial charge in [-0.15, -0.1) is 0 Å². The molecule has 0 spiro atoms. The first kappa shape index (κ1) is 20.1. The molecule has 0 aliphatic carbocycles. The lowest BCUT2D eigenvalue weighted by Crippen LogP contribution is -2.11. The third-order valence-electron chi connectivity index (χ3n) is 5.65. The summed E-state index contributed by atoms with van der Waals surface area (Å²) in [4.78, 5) is 26.2. The van der Waals surface area contributed by atoms with Crippen LogP contribution < -0.4 is 5.32 Å². The molecule has 6 heterocycles. The van der Waals surface area contributed by atoms with Crippen molar-refractivity contribution in [3.63, 3.8) is 0 Å². The Labute approximate surface area is 194 Å². The maximum absolute atomic E-state index is 4.85. The van der Waals surface area contributed by atoms with E-state index in [0.29, 0.717) is 5.82 Å². The highest BCUT2D eigenvalue weighted by Crippen LogP contribution is 2.31. The smallest absolute Gasteiger partial charge is 0.159 e. The fraction of sp³-hybridized carbons (Fsp3) is 0.120. The Morgan fingerprint density at radius 3 is 2.74 bits per heavy atom. The van der Waals surface area contributed by atoms with Crippen molar-refractivity contribution in [1.29, 1.82) is 0 Å². The number of aromatic nitrogens is 8. The molecule has 6 aromatic rings. The molecule has 0 aromatic carbocycles. The van der Waals surface area contributed by atoms with E-state index in [9.17, 15) is 0 Å². The summed E-state index contributed by atoms with van der Waals surface area (Å²) in [6.45, 7) is 3.75. The molecule has 0 bridgehead atoms. The maximum Gasteiger partial charge on any atom is 0.159 e. The Morgan fingerprint density at radius 2 is 1.85 bits per heavy atom. The average molecular weight is 448 g/mol. The second-order valence-electron chi connectivity index (χ2n) is 7.91. The molecule has 166 valence electrons. The number of hydrogen-bond acceptors (Lipinski definition) is 7. The van der Waals surface area contributed by atoms with Crippen LogP contribution in [0.2, 0.25) is 0 Å². The third-order valence-corrected chi connectivity index (χ3v) is 5.65. The normalized spacial score (nSPS) is 11.4. The average Bonchev–Trinajstić information content (AvgIpc) is 3.51. The van der Waals surface area contributed by atoms with Gasteiger partial charge < -0.3 is 10.3 Å². The van der Waals surface area contributed by atoms with E-state index >= 15 is 0 Å². The molecule has 0 unspecified atom stereocenters. The van der Waals surface area contributed by atoms with Gasteiger partial charge in [0, 0.05) is 42.3 Å². The number of nitrogens with one attached hydrogen (secondary N) is 3. The van der Waals surface area contributed by atoms with Crippen LogP contribution in [0.5, 0.6) is 0 Å². The summed E-state index contributed by atoms with van der Waals surface area (Å²) in [5, 5.41) is 11.9. The van der Waals surface area contributed by atoms with Gasteiger partial charge in [-0.05, 0) is 42.4 Å². The van der Waals surface area contributed by atoms with Crippen LogP contribution in [-0.4, -0.2) is 46.6 Å². The van der Waals surface area contributed by atoms with Gasteiger partial charge in [0.05, 0.1) is 28.6 Å². The largest absolute Gasteiger partial charge is 0.336 e. The standard InChI is InChI=1S/C25H21N9/c1-2-26-11-15-9-16(13-27-12-15)20-10-17-21(14-30-20)33-34-22(17)25-31-19-6-8-29-23(24(19)32-25)18-5-3-4-7-28-18/h3-10,12-14,26H,2,11H2,1H3,(H,31,32)(H,33,34). The minimum absolute atomic E-state index is 0.655. The molecule has 0 aliphatic rings. The molecule has 0 fully saturated rings. The van der Waals surface area contributed by atoms with Crippen molar-refractivity contribution in [1.82, 2.24) is 45.4 Å². The summed E-state index contributed by atoms with van der Waals surface area (Å²) in [6.07, 6.45) is 9.00. The first-order valence-electron chi connectivity index (χ1n) is 11.1.